The Morgan fingerprint density at radius 3 is 2.74 bits per heavy atom. The summed E-state index contributed by atoms with van der Waals surface area (Å²) in [6.45, 7) is 0. The average molecular weight is 393 g/mol. The highest BCUT2D eigenvalue weighted by Crippen LogP contribution is 2.27. The first kappa shape index (κ1) is 17.5. The second kappa shape index (κ2) is 8.20. The van der Waals surface area contributed by atoms with Crippen molar-refractivity contribution in [2.45, 2.75) is 10.6 Å². The summed E-state index contributed by atoms with van der Waals surface area (Å²) < 4.78 is 5.42. The van der Waals surface area contributed by atoms with Crippen molar-refractivity contribution < 1.29 is 9.21 Å². The number of amides is 1. The molecule has 0 atom stereocenters. The summed E-state index contributed by atoms with van der Waals surface area (Å²) in [6, 6.07) is 17.5. The fourth-order valence-corrected chi connectivity index (χ4v) is 4.04. The SMILES string of the molecule is O=C(Nc1nc(-c2ccccn2)cs1)c1occc1CSc1ccccc1. The smallest absolute Gasteiger partial charge is 0.293 e. The highest BCUT2D eigenvalue weighted by molar-refractivity contribution is 7.98. The molecule has 3 heterocycles. The van der Waals surface area contributed by atoms with Crippen LogP contribution in [-0.4, -0.2) is 15.9 Å². The zero-order chi connectivity index (χ0) is 18.5. The van der Waals surface area contributed by atoms with Crippen molar-refractivity contribution in [2.75, 3.05) is 5.32 Å². The lowest BCUT2D eigenvalue weighted by molar-refractivity contribution is 0.0996. The van der Waals surface area contributed by atoms with E-state index in [1.165, 1.54) is 17.6 Å². The Hall–Kier alpha value is -2.90. The molecule has 4 aromatic rings. The van der Waals surface area contributed by atoms with Gasteiger partial charge in [-0.1, -0.05) is 24.3 Å². The number of hydrogen-bond acceptors (Lipinski definition) is 6. The molecule has 0 saturated carbocycles. The molecule has 0 unspecified atom stereocenters. The van der Waals surface area contributed by atoms with E-state index in [0.29, 0.717) is 16.6 Å². The molecular weight excluding hydrogens is 378 g/mol. The summed E-state index contributed by atoms with van der Waals surface area (Å²) in [7, 11) is 0. The molecule has 1 amide bonds. The second-order valence-electron chi connectivity index (χ2n) is 5.58. The summed E-state index contributed by atoms with van der Waals surface area (Å²) >= 11 is 3.01. The molecule has 0 aliphatic rings. The number of benzene rings is 1. The third-order valence-corrected chi connectivity index (χ3v) is 5.56. The normalized spacial score (nSPS) is 10.7. The lowest BCUT2D eigenvalue weighted by atomic mass is 10.3. The van der Waals surface area contributed by atoms with Gasteiger partial charge in [0.2, 0.25) is 0 Å². The molecule has 134 valence electrons. The maximum atomic E-state index is 12.6. The van der Waals surface area contributed by atoms with Crippen LogP contribution in [0.1, 0.15) is 16.1 Å². The molecule has 27 heavy (non-hydrogen) atoms. The zero-order valence-electron chi connectivity index (χ0n) is 14.2. The lowest BCUT2D eigenvalue weighted by Crippen LogP contribution is -2.12. The maximum Gasteiger partial charge on any atom is 0.293 e. The number of pyridine rings is 1. The number of hydrogen-bond donors (Lipinski definition) is 1. The van der Waals surface area contributed by atoms with Gasteiger partial charge in [-0.15, -0.1) is 23.1 Å². The number of furan rings is 1. The van der Waals surface area contributed by atoms with Gasteiger partial charge in [0.25, 0.3) is 5.91 Å². The topological polar surface area (TPSA) is 68.0 Å². The van der Waals surface area contributed by atoms with Crippen molar-refractivity contribution in [1.82, 2.24) is 9.97 Å². The molecule has 7 heteroatoms. The van der Waals surface area contributed by atoms with E-state index in [2.05, 4.69) is 15.3 Å². The van der Waals surface area contributed by atoms with Crippen molar-refractivity contribution in [3.8, 4) is 11.4 Å². The summed E-state index contributed by atoms with van der Waals surface area (Å²) in [5.41, 5.74) is 2.35. The molecule has 3 aromatic heterocycles. The first-order chi connectivity index (χ1) is 13.3. The second-order valence-corrected chi connectivity index (χ2v) is 7.49. The van der Waals surface area contributed by atoms with E-state index >= 15 is 0 Å². The molecule has 0 aliphatic carbocycles. The largest absolute Gasteiger partial charge is 0.459 e. The standard InChI is InChI=1S/C20H15N3O2S2/c24-19(23-20-22-17(13-27-20)16-8-4-5-10-21-16)18-14(9-11-25-18)12-26-15-6-2-1-3-7-15/h1-11,13H,12H2,(H,22,23,24). The van der Waals surface area contributed by atoms with E-state index in [4.69, 9.17) is 4.42 Å². The first-order valence-corrected chi connectivity index (χ1v) is 10.1. The van der Waals surface area contributed by atoms with E-state index in [-0.39, 0.29) is 5.91 Å². The van der Waals surface area contributed by atoms with E-state index in [0.717, 1.165) is 21.8 Å². The van der Waals surface area contributed by atoms with Gasteiger partial charge in [0, 0.05) is 27.8 Å². The monoisotopic (exact) mass is 393 g/mol. The maximum absolute atomic E-state index is 12.6. The van der Waals surface area contributed by atoms with E-state index < -0.39 is 0 Å². The minimum Gasteiger partial charge on any atom is -0.459 e. The summed E-state index contributed by atoms with van der Waals surface area (Å²) in [5, 5.41) is 5.19. The molecular formula is C20H15N3O2S2. The molecule has 0 aliphatic heterocycles. The molecule has 0 spiro atoms. The Bertz CT molecular complexity index is 1030. The van der Waals surface area contributed by atoms with E-state index in [9.17, 15) is 4.79 Å². The third kappa shape index (κ3) is 4.27. The molecule has 0 fully saturated rings. The van der Waals surface area contributed by atoms with Gasteiger partial charge in [-0.3, -0.25) is 15.1 Å². The molecule has 5 nitrogen and oxygen atoms in total. The van der Waals surface area contributed by atoms with Gasteiger partial charge in [0.15, 0.2) is 10.9 Å². The van der Waals surface area contributed by atoms with Gasteiger partial charge in [-0.05, 0) is 30.3 Å². The van der Waals surface area contributed by atoms with Crippen molar-refractivity contribution in [2.24, 2.45) is 0 Å². The number of thioether (sulfide) groups is 1. The minimum absolute atomic E-state index is 0.300. The van der Waals surface area contributed by atoms with E-state index in [1.54, 1.807) is 18.0 Å². The van der Waals surface area contributed by atoms with Gasteiger partial charge in [0.05, 0.1) is 12.0 Å². The number of aromatic nitrogens is 2. The minimum atomic E-state index is -0.300. The zero-order valence-corrected chi connectivity index (χ0v) is 15.8. The Morgan fingerprint density at radius 1 is 1.07 bits per heavy atom. The Labute approximate surface area is 164 Å². The van der Waals surface area contributed by atoms with E-state index in [1.807, 2.05) is 60.0 Å². The molecule has 1 aromatic carbocycles. The van der Waals surface area contributed by atoms with Crippen LogP contribution < -0.4 is 5.32 Å². The van der Waals surface area contributed by atoms with Crippen LogP contribution in [0, 0.1) is 0 Å². The molecule has 4 rings (SSSR count). The van der Waals surface area contributed by atoms with Crippen LogP contribution in [-0.2, 0) is 5.75 Å². The third-order valence-electron chi connectivity index (χ3n) is 3.74. The molecule has 1 N–H and O–H groups in total. The number of carbonyl (C=O) groups is 1. The molecule has 0 bridgehead atoms. The Morgan fingerprint density at radius 2 is 1.93 bits per heavy atom. The predicted molar refractivity (Wildman–Crippen MR) is 108 cm³/mol. The molecule has 0 saturated heterocycles. The molecule has 0 radical (unpaired) electrons. The Kier molecular flexibility index (Phi) is 5.32. The quantitative estimate of drug-likeness (QED) is 0.448. The number of nitrogens with one attached hydrogen (secondary N) is 1. The first-order valence-electron chi connectivity index (χ1n) is 8.22. The van der Waals surface area contributed by atoms with Gasteiger partial charge >= 0.3 is 0 Å². The number of rotatable bonds is 6. The fraction of sp³-hybridized carbons (Fsp3) is 0.0500. The number of thiazole rings is 1. The summed E-state index contributed by atoms with van der Waals surface area (Å²) in [6.07, 6.45) is 3.25. The number of nitrogens with zero attached hydrogens (tertiary/aromatic N) is 2. The summed E-state index contributed by atoms with van der Waals surface area (Å²) in [4.78, 5) is 22.4. The van der Waals surface area contributed by atoms with Crippen LogP contribution in [0.3, 0.4) is 0 Å². The Balaban J connectivity index is 1.43. The van der Waals surface area contributed by atoms with Crippen LogP contribution in [0.4, 0.5) is 5.13 Å². The van der Waals surface area contributed by atoms with Crippen LogP contribution in [0.15, 0.2) is 81.8 Å². The fourth-order valence-electron chi connectivity index (χ4n) is 2.44. The lowest BCUT2D eigenvalue weighted by Gasteiger charge is -2.03. The highest BCUT2D eigenvalue weighted by Gasteiger charge is 2.17. The highest BCUT2D eigenvalue weighted by atomic mass is 32.2. The van der Waals surface area contributed by atoms with Crippen molar-refractivity contribution >= 4 is 34.1 Å². The number of carbonyl (C=O) groups excluding carboxylic acids is 1. The van der Waals surface area contributed by atoms with Gasteiger partial charge in [-0.25, -0.2) is 4.98 Å². The van der Waals surface area contributed by atoms with Gasteiger partial charge < -0.3 is 4.42 Å². The van der Waals surface area contributed by atoms with Gasteiger partial charge in [0.1, 0.15) is 5.69 Å². The van der Waals surface area contributed by atoms with Crippen molar-refractivity contribution in [3.05, 3.63) is 83.8 Å². The van der Waals surface area contributed by atoms with Crippen LogP contribution in [0.25, 0.3) is 11.4 Å². The van der Waals surface area contributed by atoms with Crippen molar-refractivity contribution in [1.29, 1.82) is 0 Å². The summed E-state index contributed by atoms with van der Waals surface area (Å²) in [5.74, 6) is 0.666. The van der Waals surface area contributed by atoms with Crippen LogP contribution in [0.5, 0.6) is 0 Å². The van der Waals surface area contributed by atoms with Gasteiger partial charge in [-0.2, -0.15) is 0 Å². The van der Waals surface area contributed by atoms with Crippen molar-refractivity contribution in [3.63, 3.8) is 0 Å². The number of anilines is 1. The van der Waals surface area contributed by atoms with Crippen LogP contribution >= 0.6 is 23.1 Å². The van der Waals surface area contributed by atoms with Crippen LogP contribution in [0.2, 0.25) is 0 Å². The average Bonchev–Trinajstić information content (AvgIpc) is 3.37. The predicted octanol–water partition coefficient (Wildman–Crippen LogP) is 5.34.